The molecule has 0 saturated carbocycles. The molecule has 0 aromatic carbocycles. The summed E-state index contributed by atoms with van der Waals surface area (Å²) in [4.78, 5) is 11.8. The van der Waals surface area contributed by atoms with Crippen LogP contribution in [0.1, 0.15) is 25.4 Å². The Morgan fingerprint density at radius 1 is 1.35 bits per heavy atom. The molecule has 0 aliphatic rings. The molecule has 0 aliphatic carbocycles. The largest absolute Gasteiger partial charge is 0.367 e. The highest BCUT2D eigenvalue weighted by molar-refractivity contribution is 5.58. The van der Waals surface area contributed by atoms with E-state index in [1.165, 1.54) is 0 Å². The fraction of sp³-hybridized carbons (Fsp3) is 0.308. The highest BCUT2D eigenvalue weighted by Crippen LogP contribution is 2.23. The summed E-state index contributed by atoms with van der Waals surface area (Å²) in [5.74, 6) is 0.566. The standard InChI is InChI=1S/C13H14N4/c1-9-6-11(10-4-5-15-7-10)17-12(16-9)13(2,3)8-14/h4-7,15H,1-3H3. The molecule has 4 heteroatoms. The van der Waals surface area contributed by atoms with E-state index in [-0.39, 0.29) is 0 Å². The zero-order valence-electron chi connectivity index (χ0n) is 10.2. The van der Waals surface area contributed by atoms with Gasteiger partial charge >= 0.3 is 0 Å². The van der Waals surface area contributed by atoms with Crippen LogP contribution in [-0.2, 0) is 5.41 Å². The lowest BCUT2D eigenvalue weighted by atomic mass is 9.94. The number of nitrogens with one attached hydrogen (secondary N) is 1. The molecule has 86 valence electrons. The Morgan fingerprint density at radius 3 is 2.71 bits per heavy atom. The van der Waals surface area contributed by atoms with Crippen LogP contribution < -0.4 is 0 Å². The van der Waals surface area contributed by atoms with Gasteiger partial charge in [0.25, 0.3) is 0 Å². The SMILES string of the molecule is Cc1cc(-c2cc[nH]c2)nc(C(C)(C)C#N)n1. The number of aryl methyl sites for hydroxylation is 1. The smallest absolute Gasteiger partial charge is 0.148 e. The van der Waals surface area contributed by atoms with E-state index in [9.17, 15) is 0 Å². The number of nitrogens with zero attached hydrogens (tertiary/aromatic N) is 3. The summed E-state index contributed by atoms with van der Waals surface area (Å²) in [5, 5.41) is 9.12. The first-order chi connectivity index (χ1) is 8.03. The lowest BCUT2D eigenvalue weighted by Gasteiger charge is -2.14. The number of nitriles is 1. The van der Waals surface area contributed by atoms with Crippen molar-refractivity contribution >= 4 is 0 Å². The highest BCUT2D eigenvalue weighted by Gasteiger charge is 2.24. The van der Waals surface area contributed by atoms with Crippen LogP contribution in [-0.4, -0.2) is 15.0 Å². The van der Waals surface area contributed by atoms with Gasteiger partial charge in [0.2, 0.25) is 0 Å². The molecule has 0 saturated heterocycles. The number of H-pyrrole nitrogens is 1. The van der Waals surface area contributed by atoms with Gasteiger partial charge < -0.3 is 4.98 Å². The Labute approximate surface area is 100 Å². The third-order valence-corrected chi connectivity index (χ3v) is 2.59. The molecule has 2 rings (SSSR count). The van der Waals surface area contributed by atoms with Gasteiger partial charge in [0.1, 0.15) is 11.2 Å². The van der Waals surface area contributed by atoms with Crippen molar-refractivity contribution < 1.29 is 0 Å². The fourth-order valence-electron chi connectivity index (χ4n) is 1.53. The molecule has 0 atom stereocenters. The summed E-state index contributed by atoms with van der Waals surface area (Å²) >= 11 is 0. The summed E-state index contributed by atoms with van der Waals surface area (Å²) in [6.07, 6.45) is 3.73. The highest BCUT2D eigenvalue weighted by atomic mass is 14.9. The van der Waals surface area contributed by atoms with Crippen LogP contribution in [0.25, 0.3) is 11.3 Å². The molecular weight excluding hydrogens is 212 g/mol. The molecule has 2 aromatic heterocycles. The minimum Gasteiger partial charge on any atom is -0.367 e. The van der Waals surface area contributed by atoms with Crippen molar-refractivity contribution in [1.29, 1.82) is 5.26 Å². The molecule has 0 spiro atoms. The molecule has 0 aliphatic heterocycles. The van der Waals surface area contributed by atoms with E-state index in [4.69, 9.17) is 5.26 Å². The van der Waals surface area contributed by atoms with E-state index >= 15 is 0 Å². The maximum Gasteiger partial charge on any atom is 0.148 e. The van der Waals surface area contributed by atoms with E-state index in [1.54, 1.807) is 0 Å². The predicted molar refractivity (Wildman–Crippen MR) is 65.2 cm³/mol. The van der Waals surface area contributed by atoms with E-state index in [0.717, 1.165) is 17.0 Å². The molecule has 0 unspecified atom stereocenters. The molecule has 0 bridgehead atoms. The second-order valence-corrected chi connectivity index (χ2v) is 4.55. The van der Waals surface area contributed by atoms with Crippen molar-refractivity contribution in [2.75, 3.05) is 0 Å². The Balaban J connectivity index is 2.55. The topological polar surface area (TPSA) is 65.4 Å². The number of hydrogen-bond donors (Lipinski definition) is 1. The molecule has 0 radical (unpaired) electrons. The van der Waals surface area contributed by atoms with Gasteiger partial charge in [0, 0.05) is 23.7 Å². The van der Waals surface area contributed by atoms with Gasteiger partial charge in [-0.2, -0.15) is 5.26 Å². The van der Waals surface area contributed by atoms with Gasteiger partial charge in [-0.05, 0) is 32.9 Å². The third kappa shape index (κ3) is 2.18. The molecule has 17 heavy (non-hydrogen) atoms. The minimum absolute atomic E-state index is 0.566. The molecule has 2 aromatic rings. The summed E-state index contributed by atoms with van der Waals surface area (Å²) in [7, 11) is 0. The lowest BCUT2D eigenvalue weighted by molar-refractivity contribution is 0.626. The second kappa shape index (κ2) is 4.02. The molecular formula is C13H14N4. The average molecular weight is 226 g/mol. The van der Waals surface area contributed by atoms with Gasteiger partial charge in [-0.3, -0.25) is 0 Å². The van der Waals surface area contributed by atoms with E-state index < -0.39 is 5.41 Å². The second-order valence-electron chi connectivity index (χ2n) is 4.55. The summed E-state index contributed by atoms with van der Waals surface area (Å²) in [6, 6.07) is 6.09. The van der Waals surface area contributed by atoms with Gasteiger partial charge in [-0.15, -0.1) is 0 Å². The molecule has 0 fully saturated rings. The zero-order chi connectivity index (χ0) is 12.5. The first-order valence-corrected chi connectivity index (χ1v) is 5.43. The van der Waals surface area contributed by atoms with Crippen LogP contribution in [0.15, 0.2) is 24.5 Å². The summed E-state index contributed by atoms with van der Waals surface area (Å²) in [6.45, 7) is 5.56. The molecule has 4 nitrogen and oxygen atoms in total. The van der Waals surface area contributed by atoms with Crippen molar-refractivity contribution in [3.05, 3.63) is 36.0 Å². The van der Waals surface area contributed by atoms with Gasteiger partial charge in [0.15, 0.2) is 0 Å². The van der Waals surface area contributed by atoms with Crippen LogP contribution in [0.5, 0.6) is 0 Å². The van der Waals surface area contributed by atoms with Gasteiger partial charge in [-0.25, -0.2) is 9.97 Å². The van der Waals surface area contributed by atoms with Gasteiger partial charge in [-0.1, -0.05) is 0 Å². The van der Waals surface area contributed by atoms with Crippen LogP contribution in [0.4, 0.5) is 0 Å². The van der Waals surface area contributed by atoms with E-state index in [0.29, 0.717) is 5.82 Å². The summed E-state index contributed by atoms with van der Waals surface area (Å²) < 4.78 is 0. The number of aromatic amines is 1. The fourth-order valence-corrected chi connectivity index (χ4v) is 1.53. The molecule has 2 heterocycles. The normalized spacial score (nSPS) is 11.2. The summed E-state index contributed by atoms with van der Waals surface area (Å²) in [5.41, 5.74) is 2.05. The molecule has 0 amide bonds. The number of aromatic nitrogens is 3. The first kappa shape index (κ1) is 11.3. The quantitative estimate of drug-likeness (QED) is 0.855. The Bertz CT molecular complexity index is 562. The van der Waals surface area contributed by atoms with Crippen LogP contribution >= 0.6 is 0 Å². The molecule has 1 N–H and O–H groups in total. The average Bonchev–Trinajstić information content (AvgIpc) is 2.81. The van der Waals surface area contributed by atoms with Crippen molar-refractivity contribution in [1.82, 2.24) is 15.0 Å². The van der Waals surface area contributed by atoms with Crippen molar-refractivity contribution in [3.8, 4) is 17.3 Å². The first-order valence-electron chi connectivity index (χ1n) is 5.43. The van der Waals surface area contributed by atoms with Crippen LogP contribution in [0.2, 0.25) is 0 Å². The van der Waals surface area contributed by atoms with Crippen LogP contribution in [0.3, 0.4) is 0 Å². The Morgan fingerprint density at radius 2 is 2.12 bits per heavy atom. The van der Waals surface area contributed by atoms with Gasteiger partial charge in [0.05, 0.1) is 11.8 Å². The third-order valence-electron chi connectivity index (χ3n) is 2.59. The Hall–Kier alpha value is -2.15. The monoisotopic (exact) mass is 226 g/mol. The number of rotatable bonds is 2. The maximum atomic E-state index is 9.12. The van der Waals surface area contributed by atoms with Crippen molar-refractivity contribution in [3.63, 3.8) is 0 Å². The van der Waals surface area contributed by atoms with E-state index in [1.807, 2.05) is 45.3 Å². The maximum absolute atomic E-state index is 9.12. The van der Waals surface area contributed by atoms with Crippen molar-refractivity contribution in [2.24, 2.45) is 0 Å². The zero-order valence-corrected chi connectivity index (χ0v) is 10.2. The van der Waals surface area contributed by atoms with Crippen LogP contribution in [0, 0.1) is 18.3 Å². The Kier molecular flexibility index (Phi) is 2.68. The number of hydrogen-bond acceptors (Lipinski definition) is 3. The van der Waals surface area contributed by atoms with E-state index in [2.05, 4.69) is 21.0 Å². The predicted octanol–water partition coefficient (Wildman–Crippen LogP) is 2.58. The lowest BCUT2D eigenvalue weighted by Crippen LogP contribution is -2.19. The van der Waals surface area contributed by atoms with Crippen molar-refractivity contribution in [2.45, 2.75) is 26.2 Å². The minimum atomic E-state index is -0.670.